The fourth-order valence-electron chi connectivity index (χ4n) is 2.76. The van der Waals surface area contributed by atoms with Gasteiger partial charge < -0.3 is 15.2 Å². The van der Waals surface area contributed by atoms with Crippen LogP contribution in [0.15, 0.2) is 35.7 Å². The van der Waals surface area contributed by atoms with E-state index in [0.717, 1.165) is 41.7 Å². The van der Waals surface area contributed by atoms with E-state index in [-0.39, 0.29) is 22.8 Å². The van der Waals surface area contributed by atoms with Gasteiger partial charge >= 0.3 is 0 Å². The highest BCUT2D eigenvalue weighted by Gasteiger charge is 2.29. The Labute approximate surface area is 192 Å². The highest BCUT2D eigenvalue weighted by Crippen LogP contribution is 2.36. The summed E-state index contributed by atoms with van der Waals surface area (Å²) < 4.78 is 85.2. The Kier molecular flexibility index (Phi) is 6.37. The van der Waals surface area contributed by atoms with Crippen LogP contribution < -0.4 is 15.5 Å². The van der Waals surface area contributed by atoms with E-state index in [1.54, 1.807) is 5.32 Å². The SMILES string of the molecule is [2H]C([2H])([2H])Oc1cccc(-c2c(F)c(F)c(NC(=O)c3ccsc3C(=O)NOCCO)c(F)c2F)c1. The van der Waals surface area contributed by atoms with E-state index in [9.17, 15) is 27.2 Å². The summed E-state index contributed by atoms with van der Waals surface area (Å²) in [7, 11) is -2.89. The van der Waals surface area contributed by atoms with Gasteiger partial charge in [-0.2, -0.15) is 0 Å². The third-order valence-electron chi connectivity index (χ3n) is 4.22. The molecule has 0 bridgehead atoms. The molecule has 12 heteroatoms. The largest absolute Gasteiger partial charge is 0.497 e. The molecule has 0 atom stereocenters. The smallest absolute Gasteiger partial charge is 0.285 e. The number of aliphatic hydroxyl groups is 1. The summed E-state index contributed by atoms with van der Waals surface area (Å²) in [5.74, 6) is -10.1. The minimum Gasteiger partial charge on any atom is -0.497 e. The van der Waals surface area contributed by atoms with Crippen molar-refractivity contribution in [2.45, 2.75) is 0 Å². The van der Waals surface area contributed by atoms with Gasteiger partial charge in [0.25, 0.3) is 11.8 Å². The van der Waals surface area contributed by atoms with Crippen LogP contribution in [-0.2, 0) is 4.84 Å². The van der Waals surface area contributed by atoms with Crippen molar-refractivity contribution in [2.24, 2.45) is 0 Å². The van der Waals surface area contributed by atoms with Gasteiger partial charge in [-0.3, -0.25) is 14.4 Å². The minimum absolute atomic E-state index is 0.241. The number of hydrogen-bond acceptors (Lipinski definition) is 6. The van der Waals surface area contributed by atoms with Crippen LogP contribution >= 0.6 is 11.3 Å². The number of rotatable bonds is 8. The Morgan fingerprint density at radius 2 is 1.82 bits per heavy atom. The predicted molar refractivity (Wildman–Crippen MR) is 111 cm³/mol. The Hall–Kier alpha value is -3.48. The van der Waals surface area contributed by atoms with Gasteiger partial charge in [-0.15, -0.1) is 11.3 Å². The average molecular weight is 487 g/mol. The maximum Gasteiger partial charge on any atom is 0.285 e. The van der Waals surface area contributed by atoms with Crippen LogP contribution in [0.5, 0.6) is 5.75 Å². The first-order valence-electron chi connectivity index (χ1n) is 10.5. The number of benzene rings is 2. The summed E-state index contributed by atoms with van der Waals surface area (Å²) in [6, 6.07) is 5.40. The molecule has 1 heterocycles. The first kappa shape index (κ1) is 20.1. The maximum atomic E-state index is 14.8. The van der Waals surface area contributed by atoms with Crippen molar-refractivity contribution in [3.63, 3.8) is 0 Å². The number of halogens is 4. The van der Waals surface area contributed by atoms with Gasteiger partial charge in [0.2, 0.25) is 0 Å². The van der Waals surface area contributed by atoms with E-state index in [1.165, 1.54) is 5.38 Å². The molecule has 0 radical (unpaired) electrons. The first-order chi connectivity index (χ1) is 16.9. The van der Waals surface area contributed by atoms with Crippen molar-refractivity contribution < 1.29 is 45.9 Å². The maximum absolute atomic E-state index is 14.8. The number of amides is 2. The normalized spacial score (nSPS) is 12.5. The molecule has 0 aliphatic heterocycles. The number of nitrogens with one attached hydrogen (secondary N) is 2. The lowest BCUT2D eigenvalue weighted by molar-refractivity contribution is 0.0170. The predicted octanol–water partition coefficient (Wildman–Crippen LogP) is 3.89. The van der Waals surface area contributed by atoms with Gasteiger partial charge in [0.15, 0.2) is 23.3 Å². The van der Waals surface area contributed by atoms with Crippen molar-refractivity contribution in [2.75, 3.05) is 25.6 Å². The average Bonchev–Trinajstić information content (AvgIpc) is 3.30. The number of thiophene rings is 1. The summed E-state index contributed by atoms with van der Waals surface area (Å²) in [5, 5.41) is 11.7. The lowest BCUT2D eigenvalue weighted by Crippen LogP contribution is -2.27. The van der Waals surface area contributed by atoms with E-state index < -0.39 is 65.5 Å². The van der Waals surface area contributed by atoms with Gasteiger partial charge in [0, 0.05) is 0 Å². The molecule has 2 aromatic carbocycles. The van der Waals surface area contributed by atoms with Crippen LogP contribution in [0.4, 0.5) is 23.2 Å². The van der Waals surface area contributed by atoms with E-state index >= 15 is 0 Å². The lowest BCUT2D eigenvalue weighted by atomic mass is 10.0. The molecule has 33 heavy (non-hydrogen) atoms. The van der Waals surface area contributed by atoms with Gasteiger partial charge in [-0.25, -0.2) is 23.0 Å². The van der Waals surface area contributed by atoms with Gasteiger partial charge in [-0.05, 0) is 29.1 Å². The molecule has 0 unspecified atom stereocenters. The number of hydroxylamine groups is 1. The standard InChI is InChI=1S/C21H16F4N2O5S/c1-31-11-4-2-3-10(9-11)13-14(22)16(24)18(17(25)15(13)23)26-20(29)12-5-8-33-19(12)21(30)27-32-7-6-28/h2-5,8-9,28H,6-7H2,1H3,(H,26,29)(H,27,30)/i1D3. The van der Waals surface area contributed by atoms with Crippen molar-refractivity contribution in [3.05, 3.63) is 69.4 Å². The van der Waals surface area contributed by atoms with Crippen molar-refractivity contribution >= 4 is 28.8 Å². The van der Waals surface area contributed by atoms with Crippen LogP contribution in [0.1, 0.15) is 24.1 Å². The molecule has 3 N–H and O–H groups in total. The fraction of sp³-hybridized carbons (Fsp3) is 0.143. The second-order valence-electron chi connectivity index (χ2n) is 6.26. The number of carbonyl (C=O) groups excluding carboxylic acids is 2. The monoisotopic (exact) mass is 487 g/mol. The molecule has 0 saturated carbocycles. The number of hydrogen-bond donors (Lipinski definition) is 3. The number of anilines is 1. The van der Waals surface area contributed by atoms with Crippen LogP contribution in [0.2, 0.25) is 0 Å². The molecule has 174 valence electrons. The Morgan fingerprint density at radius 3 is 2.48 bits per heavy atom. The summed E-state index contributed by atoms with van der Waals surface area (Å²) in [6.07, 6.45) is 0. The minimum atomic E-state index is -2.89. The molecule has 0 aliphatic carbocycles. The molecule has 3 aromatic rings. The molecular formula is C21H16F4N2O5S. The zero-order valence-electron chi connectivity index (χ0n) is 19.4. The van der Waals surface area contributed by atoms with Crippen molar-refractivity contribution in [3.8, 4) is 16.9 Å². The van der Waals surface area contributed by atoms with Crippen molar-refractivity contribution in [1.29, 1.82) is 0 Å². The molecule has 0 spiro atoms. The van der Waals surface area contributed by atoms with Gasteiger partial charge in [-0.1, -0.05) is 12.1 Å². The van der Waals surface area contributed by atoms with E-state index in [4.69, 9.17) is 9.22 Å². The Bertz CT molecular complexity index is 1270. The molecule has 0 fully saturated rings. The molecular weight excluding hydrogens is 468 g/mol. The number of aliphatic hydroxyl groups excluding tert-OH is 1. The van der Waals surface area contributed by atoms with Crippen LogP contribution in [0, 0.1) is 23.3 Å². The first-order valence-corrected chi connectivity index (χ1v) is 9.89. The van der Waals surface area contributed by atoms with Crippen molar-refractivity contribution in [1.82, 2.24) is 5.48 Å². The second-order valence-corrected chi connectivity index (χ2v) is 7.17. The van der Waals surface area contributed by atoms with E-state index in [2.05, 4.69) is 9.57 Å². The fourth-order valence-corrected chi connectivity index (χ4v) is 3.54. The number of ether oxygens (including phenoxy) is 1. The molecule has 0 saturated heterocycles. The lowest BCUT2D eigenvalue weighted by Gasteiger charge is -2.14. The summed E-state index contributed by atoms with van der Waals surface area (Å²) >= 11 is 0.771. The Balaban J connectivity index is 1.94. The van der Waals surface area contributed by atoms with Crippen LogP contribution in [0.3, 0.4) is 0 Å². The zero-order valence-corrected chi connectivity index (χ0v) is 17.2. The summed E-state index contributed by atoms with van der Waals surface area (Å²) in [5.41, 5.74) is -1.45. The molecule has 0 aliphatic rings. The number of methoxy groups -OCH3 is 1. The third kappa shape index (κ3) is 4.97. The highest BCUT2D eigenvalue weighted by atomic mass is 32.1. The summed E-state index contributed by atoms with van der Waals surface area (Å²) in [6.45, 7) is -0.647. The van der Waals surface area contributed by atoms with Crippen LogP contribution in [0.25, 0.3) is 11.1 Å². The zero-order chi connectivity index (χ0) is 26.6. The van der Waals surface area contributed by atoms with Gasteiger partial charge in [0.1, 0.15) is 16.3 Å². The van der Waals surface area contributed by atoms with E-state index in [1.807, 2.05) is 5.48 Å². The second kappa shape index (κ2) is 10.4. The topological polar surface area (TPSA) is 96.9 Å². The third-order valence-corrected chi connectivity index (χ3v) is 5.13. The molecule has 2 amide bonds. The molecule has 7 nitrogen and oxygen atoms in total. The highest BCUT2D eigenvalue weighted by molar-refractivity contribution is 7.12. The molecule has 3 rings (SSSR count). The Morgan fingerprint density at radius 1 is 1.09 bits per heavy atom. The van der Waals surface area contributed by atoms with Crippen LogP contribution in [-0.4, -0.2) is 37.2 Å². The summed E-state index contributed by atoms with van der Waals surface area (Å²) in [4.78, 5) is 29.1. The quantitative estimate of drug-likeness (QED) is 0.194. The van der Waals surface area contributed by atoms with E-state index in [0.29, 0.717) is 0 Å². The van der Waals surface area contributed by atoms with Gasteiger partial charge in [0.05, 0.1) is 35.5 Å². The number of carbonyl (C=O) groups is 2. The molecule has 1 aromatic heterocycles.